The molecule has 0 saturated heterocycles. The molecule has 0 saturated carbocycles. The van der Waals surface area contributed by atoms with Crippen LogP contribution in [-0.4, -0.2) is 34.7 Å². The van der Waals surface area contributed by atoms with Crippen LogP contribution in [0.15, 0.2) is 66.9 Å². The average Bonchev–Trinajstić information content (AvgIpc) is 3.33. The molecule has 7 heteroatoms. The van der Waals surface area contributed by atoms with E-state index >= 15 is 0 Å². The van der Waals surface area contributed by atoms with Crippen molar-refractivity contribution in [2.75, 3.05) is 0 Å². The Morgan fingerprint density at radius 3 is 2.18 bits per heavy atom. The lowest BCUT2D eigenvalue weighted by molar-refractivity contribution is 0.327. The summed E-state index contributed by atoms with van der Waals surface area (Å²) in [4.78, 5) is 0. The fraction of sp³-hybridized carbons (Fsp3) is 0.0968. The van der Waals surface area contributed by atoms with E-state index in [4.69, 9.17) is 0 Å². The van der Waals surface area contributed by atoms with Crippen molar-refractivity contribution in [3.63, 3.8) is 0 Å². The normalized spacial score (nSPS) is 15.1. The Kier molecular flexibility index (Phi) is 5.24. The smallest absolute Gasteiger partial charge is 0.208 e. The summed E-state index contributed by atoms with van der Waals surface area (Å²) >= 11 is 0. The van der Waals surface area contributed by atoms with Gasteiger partial charge in [0.25, 0.3) is 0 Å². The monoisotopic (exact) mass is 506 g/mol. The van der Waals surface area contributed by atoms with Gasteiger partial charge >= 0.3 is 0 Å². The molecule has 2 heterocycles. The highest BCUT2D eigenvalue weighted by Gasteiger charge is 2.28. The summed E-state index contributed by atoms with van der Waals surface area (Å²) in [7, 11) is 0. The molecule has 0 fully saturated rings. The van der Waals surface area contributed by atoms with Crippen molar-refractivity contribution in [2.24, 2.45) is 5.92 Å². The van der Waals surface area contributed by atoms with Gasteiger partial charge in [-0.15, -0.1) is 0 Å². The third-order valence-electron chi connectivity index (χ3n) is 7.05. The molecular weight excluding hydrogens is 480 g/mol. The van der Waals surface area contributed by atoms with E-state index in [9.17, 15) is 25.5 Å². The third kappa shape index (κ3) is 3.08. The molecule has 2 bridgehead atoms. The number of aromatic nitrogens is 2. The van der Waals surface area contributed by atoms with Gasteiger partial charge < -0.3 is 34.7 Å². The van der Waals surface area contributed by atoms with Crippen LogP contribution in [0.4, 0.5) is 0 Å². The van der Waals surface area contributed by atoms with E-state index in [2.05, 4.69) is 22.8 Å². The maximum absolute atomic E-state index is 10.8. The Bertz CT molecular complexity index is 1910. The zero-order valence-corrected chi connectivity index (χ0v) is 20.8. The molecule has 2 aromatic heterocycles. The van der Waals surface area contributed by atoms with Crippen LogP contribution >= 0.6 is 0 Å². The molecule has 1 unspecified atom stereocenters. The molecule has 0 aliphatic heterocycles. The predicted octanol–water partition coefficient (Wildman–Crippen LogP) is 4.90. The van der Waals surface area contributed by atoms with Crippen molar-refractivity contribution >= 4 is 40.0 Å². The molecule has 0 amide bonds. The number of nitrogens with zero attached hydrogens (tertiary/aromatic N) is 2. The van der Waals surface area contributed by atoms with Crippen LogP contribution in [0, 0.1) is 5.92 Å². The molecule has 7 nitrogen and oxygen atoms in total. The highest BCUT2D eigenvalue weighted by molar-refractivity contribution is 6.07. The SMILES string of the molecule is CC.Oc1c(O)c(O)c(-n2c3c4c5c(c6c(ccn6-c6ccccc6)cc52)C=CC(C=CC=3)C=4)c(O)c1O. The number of hydrogen-bond acceptors (Lipinski definition) is 5. The molecule has 2 aliphatic rings. The highest BCUT2D eigenvalue weighted by atomic mass is 16.4. The zero-order valence-electron chi connectivity index (χ0n) is 20.8. The second kappa shape index (κ2) is 8.52. The Hall–Kier alpha value is -5.04. The van der Waals surface area contributed by atoms with Crippen LogP contribution in [0.1, 0.15) is 19.4 Å². The minimum absolute atomic E-state index is 0.0213. The summed E-state index contributed by atoms with van der Waals surface area (Å²) in [5.41, 5.74) is 3.45. The third-order valence-corrected chi connectivity index (χ3v) is 7.05. The number of allylic oxidation sites excluding steroid dienone is 3. The quantitative estimate of drug-likeness (QED) is 0.173. The zero-order chi connectivity index (χ0) is 26.7. The average molecular weight is 507 g/mol. The molecule has 5 aromatic rings. The summed E-state index contributed by atoms with van der Waals surface area (Å²) in [6.45, 7) is 4.00. The first-order valence-corrected chi connectivity index (χ1v) is 12.5. The van der Waals surface area contributed by atoms with Gasteiger partial charge in [-0.3, -0.25) is 0 Å². The number of benzene rings is 3. The van der Waals surface area contributed by atoms with Gasteiger partial charge in [0.15, 0.2) is 11.5 Å². The van der Waals surface area contributed by atoms with Crippen LogP contribution in [0.25, 0.3) is 51.4 Å². The molecule has 3 aromatic carbocycles. The summed E-state index contributed by atoms with van der Waals surface area (Å²) in [6, 6.07) is 14.0. The molecule has 1 atom stereocenters. The number of rotatable bonds is 2. The predicted molar refractivity (Wildman–Crippen MR) is 150 cm³/mol. The number of phenolic OH excluding ortho intramolecular Hbond substituents is 5. The Balaban J connectivity index is 0.00000129. The first-order valence-electron chi connectivity index (χ1n) is 12.5. The number of para-hydroxylation sites is 1. The molecule has 38 heavy (non-hydrogen) atoms. The topological polar surface area (TPSA) is 111 Å². The summed E-state index contributed by atoms with van der Waals surface area (Å²) < 4.78 is 3.74. The van der Waals surface area contributed by atoms with Crippen LogP contribution < -0.4 is 10.6 Å². The van der Waals surface area contributed by atoms with E-state index in [0.717, 1.165) is 32.8 Å². The molecule has 2 aliphatic carbocycles. The first-order chi connectivity index (χ1) is 18.5. The fourth-order valence-corrected chi connectivity index (χ4v) is 5.44. The van der Waals surface area contributed by atoms with E-state index in [1.807, 2.05) is 80.7 Å². The second-order valence-corrected chi connectivity index (χ2v) is 9.02. The summed E-state index contributed by atoms with van der Waals surface area (Å²) in [5, 5.41) is 55.6. The lowest BCUT2D eigenvalue weighted by Gasteiger charge is -2.15. The summed E-state index contributed by atoms with van der Waals surface area (Å²) in [5.74, 6) is -4.27. The Morgan fingerprint density at radius 2 is 1.47 bits per heavy atom. The van der Waals surface area contributed by atoms with Crippen LogP contribution in [-0.2, 0) is 0 Å². The van der Waals surface area contributed by atoms with Gasteiger partial charge in [0.05, 0.1) is 16.4 Å². The second-order valence-electron chi connectivity index (χ2n) is 9.02. The number of fused-ring (bicyclic) bond motifs is 3. The van der Waals surface area contributed by atoms with Crippen molar-refractivity contribution in [3.05, 3.63) is 83.0 Å². The van der Waals surface area contributed by atoms with Crippen molar-refractivity contribution in [1.29, 1.82) is 0 Å². The van der Waals surface area contributed by atoms with Gasteiger partial charge in [-0.25, -0.2) is 0 Å². The minimum atomic E-state index is -0.987. The van der Waals surface area contributed by atoms with Crippen LogP contribution in [0.5, 0.6) is 28.7 Å². The van der Waals surface area contributed by atoms with Crippen LogP contribution in [0.2, 0.25) is 0 Å². The summed E-state index contributed by atoms with van der Waals surface area (Å²) in [6.07, 6.45) is 14.1. The van der Waals surface area contributed by atoms with Gasteiger partial charge in [-0.1, -0.05) is 62.4 Å². The molecule has 0 spiro atoms. The van der Waals surface area contributed by atoms with Crippen LogP contribution in [0.3, 0.4) is 0 Å². The van der Waals surface area contributed by atoms with Gasteiger partial charge in [-0.2, -0.15) is 0 Å². The maximum Gasteiger partial charge on any atom is 0.208 e. The van der Waals surface area contributed by atoms with Gasteiger partial charge in [0, 0.05) is 39.4 Å². The Morgan fingerprint density at radius 1 is 0.789 bits per heavy atom. The molecule has 190 valence electrons. The Labute approximate surface area is 217 Å². The van der Waals surface area contributed by atoms with E-state index in [-0.39, 0.29) is 11.6 Å². The highest BCUT2D eigenvalue weighted by Crippen LogP contribution is 2.52. The maximum atomic E-state index is 10.8. The molecular formula is C31H26N2O5. The van der Waals surface area contributed by atoms with Crippen molar-refractivity contribution in [3.8, 4) is 40.1 Å². The van der Waals surface area contributed by atoms with Gasteiger partial charge in [-0.05, 0) is 30.3 Å². The molecule has 5 N–H and O–H groups in total. The minimum Gasteiger partial charge on any atom is -0.503 e. The van der Waals surface area contributed by atoms with E-state index in [1.54, 1.807) is 4.57 Å². The van der Waals surface area contributed by atoms with Gasteiger partial charge in [0.2, 0.25) is 17.2 Å². The lowest BCUT2D eigenvalue weighted by atomic mass is 10.0. The van der Waals surface area contributed by atoms with Crippen molar-refractivity contribution < 1.29 is 25.5 Å². The molecule has 0 radical (unpaired) electrons. The fourth-order valence-electron chi connectivity index (χ4n) is 5.44. The number of hydrogen-bond donors (Lipinski definition) is 5. The van der Waals surface area contributed by atoms with E-state index < -0.39 is 28.7 Å². The van der Waals surface area contributed by atoms with Gasteiger partial charge in [0.1, 0.15) is 5.69 Å². The van der Waals surface area contributed by atoms with Crippen molar-refractivity contribution in [2.45, 2.75) is 13.8 Å². The van der Waals surface area contributed by atoms with E-state index in [0.29, 0.717) is 10.9 Å². The largest absolute Gasteiger partial charge is 0.503 e. The van der Waals surface area contributed by atoms with Crippen molar-refractivity contribution in [1.82, 2.24) is 9.13 Å². The molecule has 7 rings (SSSR count). The number of aromatic hydroxyl groups is 5. The van der Waals surface area contributed by atoms with E-state index in [1.165, 1.54) is 0 Å². The first kappa shape index (κ1) is 23.4. The lowest BCUT2D eigenvalue weighted by Crippen LogP contribution is -2.28. The number of phenols is 5. The standard InChI is InChI=1S/C29H20N2O5.C2H6/c32-25-24(26(33)28(35)29(36)27(25)34)31-20-8-4-5-15-9-10-18-22(19(20)13-15)21(31)14-16-11-12-30(23(16)18)17-6-2-1-3-7-17;1-2/h1-15,32-36H;1-2H3.